The lowest BCUT2D eigenvalue weighted by molar-refractivity contribution is 0.459. The van der Waals surface area contributed by atoms with Gasteiger partial charge in [-0.3, -0.25) is 4.98 Å². The Morgan fingerprint density at radius 3 is 2.59 bits per heavy atom. The highest BCUT2D eigenvalue weighted by Crippen LogP contribution is 2.34. The van der Waals surface area contributed by atoms with Gasteiger partial charge in [-0.1, -0.05) is 54.2 Å². The van der Waals surface area contributed by atoms with Crippen LogP contribution >= 0.6 is 0 Å². The summed E-state index contributed by atoms with van der Waals surface area (Å²) in [6.07, 6.45) is 2.30. The van der Waals surface area contributed by atoms with Crippen LogP contribution in [0.5, 0.6) is 0 Å². The van der Waals surface area contributed by atoms with Crippen LogP contribution < -0.4 is 4.72 Å². The summed E-state index contributed by atoms with van der Waals surface area (Å²) in [5.41, 5.74) is 5.16. The first kappa shape index (κ1) is 22.1. The Bertz CT molecular complexity index is 1270. The third-order valence-electron chi connectivity index (χ3n) is 5.22. The summed E-state index contributed by atoms with van der Waals surface area (Å²) in [5.74, 6) is 0. The Labute approximate surface area is 191 Å². The number of nitrogens with one attached hydrogen (secondary N) is 1. The molecule has 0 aliphatic heterocycles. The van der Waals surface area contributed by atoms with Crippen LogP contribution in [0.3, 0.4) is 0 Å². The molecule has 2 aromatic heterocycles. The zero-order valence-corrected chi connectivity index (χ0v) is 19.4. The molecule has 2 heterocycles. The molecule has 0 bridgehead atoms. The molecule has 6 heteroatoms. The number of aromatic nitrogens is 2. The van der Waals surface area contributed by atoms with Gasteiger partial charge in [-0.15, -0.1) is 0 Å². The molecule has 0 amide bonds. The molecule has 0 fully saturated rings. The molecule has 2 aromatic carbocycles. The van der Waals surface area contributed by atoms with Gasteiger partial charge in [-0.25, -0.2) is 8.93 Å². The molecule has 164 valence electrons. The maximum Gasteiger partial charge on any atom is 0.167 e. The molecule has 0 aliphatic carbocycles. The van der Waals surface area contributed by atoms with Crippen LogP contribution in [0, 0.1) is 0 Å². The Hall–Kier alpha value is -3.09. The standard InChI is InChI=1S/C26H27N3O2S/c1-5-18-11-10-12-19(27-18)17-23(29-32(30)26(2,3)4)20-13-6-7-14-21(20)25-22-15-8-9-16-24(22)31-28-25/h5-16,23,29H,1,17H2,2-4H3/t23-,32-/m0/s1. The number of nitrogens with zero attached hydrogens (tertiary/aromatic N) is 2. The minimum Gasteiger partial charge on any atom is -0.356 e. The summed E-state index contributed by atoms with van der Waals surface area (Å²) < 4.78 is 21.6. The Kier molecular flexibility index (Phi) is 6.35. The van der Waals surface area contributed by atoms with E-state index in [9.17, 15) is 4.21 Å². The average molecular weight is 446 g/mol. The minimum atomic E-state index is -1.27. The fourth-order valence-corrected chi connectivity index (χ4v) is 4.37. The molecular weight excluding hydrogens is 418 g/mol. The fraction of sp³-hybridized carbons (Fsp3) is 0.231. The monoisotopic (exact) mass is 445 g/mol. The summed E-state index contributed by atoms with van der Waals surface area (Å²) in [4.78, 5) is 4.68. The number of rotatable bonds is 7. The third kappa shape index (κ3) is 4.71. The van der Waals surface area contributed by atoms with Gasteiger partial charge >= 0.3 is 0 Å². The lowest BCUT2D eigenvalue weighted by atomic mass is 9.94. The number of fused-ring (bicyclic) bond motifs is 1. The van der Waals surface area contributed by atoms with Crippen molar-refractivity contribution in [3.05, 3.63) is 90.3 Å². The Morgan fingerprint density at radius 2 is 1.81 bits per heavy atom. The van der Waals surface area contributed by atoms with Gasteiger partial charge in [-0.05, 0) is 56.7 Å². The van der Waals surface area contributed by atoms with Crippen molar-refractivity contribution >= 4 is 28.0 Å². The van der Waals surface area contributed by atoms with Crippen molar-refractivity contribution in [3.8, 4) is 11.3 Å². The van der Waals surface area contributed by atoms with E-state index in [-0.39, 0.29) is 6.04 Å². The molecular formula is C26H27N3O2S. The number of hydrogen-bond donors (Lipinski definition) is 1. The topological polar surface area (TPSA) is 68.0 Å². The fourth-order valence-electron chi connectivity index (χ4n) is 3.55. The predicted octanol–water partition coefficient (Wildman–Crippen LogP) is 5.87. The van der Waals surface area contributed by atoms with Gasteiger partial charge in [0.2, 0.25) is 0 Å². The lowest BCUT2D eigenvalue weighted by Crippen LogP contribution is -2.36. The van der Waals surface area contributed by atoms with E-state index in [1.54, 1.807) is 6.08 Å². The van der Waals surface area contributed by atoms with E-state index < -0.39 is 15.7 Å². The summed E-state index contributed by atoms with van der Waals surface area (Å²) >= 11 is 0. The molecule has 0 spiro atoms. The third-order valence-corrected chi connectivity index (χ3v) is 6.84. The maximum atomic E-state index is 13.1. The van der Waals surface area contributed by atoms with Gasteiger partial charge in [0.15, 0.2) is 5.58 Å². The van der Waals surface area contributed by atoms with Crippen LogP contribution in [-0.2, 0) is 17.4 Å². The van der Waals surface area contributed by atoms with Crippen LogP contribution in [0.25, 0.3) is 28.3 Å². The van der Waals surface area contributed by atoms with Gasteiger partial charge in [-0.2, -0.15) is 0 Å². The first-order valence-corrected chi connectivity index (χ1v) is 11.7. The number of benzene rings is 2. The van der Waals surface area contributed by atoms with E-state index in [2.05, 4.69) is 21.4 Å². The van der Waals surface area contributed by atoms with Gasteiger partial charge in [0, 0.05) is 23.1 Å². The van der Waals surface area contributed by atoms with Crippen molar-refractivity contribution < 1.29 is 8.73 Å². The number of hydrogen-bond acceptors (Lipinski definition) is 4. The van der Waals surface area contributed by atoms with E-state index in [1.165, 1.54) is 0 Å². The molecule has 4 aromatic rings. The summed E-state index contributed by atoms with van der Waals surface area (Å²) in [5, 5.41) is 5.31. The van der Waals surface area contributed by atoms with Crippen molar-refractivity contribution in [3.63, 3.8) is 0 Å². The van der Waals surface area contributed by atoms with Gasteiger partial charge in [0.1, 0.15) is 5.69 Å². The highest BCUT2D eigenvalue weighted by atomic mass is 32.2. The van der Waals surface area contributed by atoms with E-state index in [4.69, 9.17) is 4.52 Å². The molecule has 0 radical (unpaired) electrons. The second kappa shape index (κ2) is 9.18. The highest BCUT2D eigenvalue weighted by molar-refractivity contribution is 7.84. The first-order valence-electron chi connectivity index (χ1n) is 10.6. The quantitative estimate of drug-likeness (QED) is 0.386. The van der Waals surface area contributed by atoms with Gasteiger partial charge < -0.3 is 4.52 Å². The van der Waals surface area contributed by atoms with Crippen LogP contribution in [-0.4, -0.2) is 19.1 Å². The molecule has 0 aliphatic rings. The molecule has 0 saturated carbocycles. The van der Waals surface area contributed by atoms with Gasteiger partial charge in [0.25, 0.3) is 0 Å². The molecule has 0 unspecified atom stereocenters. The predicted molar refractivity (Wildman–Crippen MR) is 131 cm³/mol. The lowest BCUT2D eigenvalue weighted by Gasteiger charge is -2.26. The molecule has 1 N–H and O–H groups in total. The van der Waals surface area contributed by atoms with Crippen LogP contribution in [0.15, 0.2) is 77.8 Å². The Morgan fingerprint density at radius 1 is 1.06 bits per heavy atom. The summed E-state index contributed by atoms with van der Waals surface area (Å²) in [6.45, 7) is 9.70. The van der Waals surface area contributed by atoms with E-state index in [0.29, 0.717) is 6.42 Å². The smallest absolute Gasteiger partial charge is 0.167 e. The van der Waals surface area contributed by atoms with Crippen molar-refractivity contribution in [1.29, 1.82) is 0 Å². The first-order chi connectivity index (χ1) is 15.4. The second-order valence-corrected chi connectivity index (χ2v) is 10.6. The largest absolute Gasteiger partial charge is 0.356 e. The van der Waals surface area contributed by atoms with Gasteiger partial charge in [0.05, 0.1) is 27.5 Å². The summed E-state index contributed by atoms with van der Waals surface area (Å²) in [7, 11) is -1.27. The second-order valence-electron chi connectivity index (χ2n) is 8.63. The zero-order chi connectivity index (χ0) is 22.7. The molecule has 4 rings (SSSR count). The number of pyridine rings is 1. The minimum absolute atomic E-state index is 0.241. The molecule has 2 atom stereocenters. The summed E-state index contributed by atoms with van der Waals surface area (Å²) in [6, 6.07) is 21.5. The number of para-hydroxylation sites is 1. The van der Waals surface area contributed by atoms with Crippen molar-refractivity contribution in [2.75, 3.05) is 0 Å². The van der Waals surface area contributed by atoms with Crippen LogP contribution in [0.1, 0.15) is 43.8 Å². The van der Waals surface area contributed by atoms with Crippen LogP contribution in [0.2, 0.25) is 0 Å². The Balaban J connectivity index is 1.80. The molecule has 5 nitrogen and oxygen atoms in total. The van der Waals surface area contributed by atoms with Crippen molar-refractivity contribution in [2.24, 2.45) is 0 Å². The average Bonchev–Trinajstić information content (AvgIpc) is 3.22. The highest BCUT2D eigenvalue weighted by Gasteiger charge is 2.26. The SMILES string of the molecule is C=Cc1cccc(C[C@H](N[S@@](=O)C(C)(C)C)c2ccccc2-c2noc3ccccc23)n1. The molecule has 32 heavy (non-hydrogen) atoms. The zero-order valence-electron chi connectivity index (χ0n) is 18.5. The molecule has 0 saturated heterocycles. The van der Waals surface area contributed by atoms with E-state index in [0.717, 1.165) is 39.2 Å². The van der Waals surface area contributed by atoms with Crippen molar-refractivity contribution in [2.45, 2.75) is 38.0 Å². The normalized spacial score (nSPS) is 13.7. The van der Waals surface area contributed by atoms with Crippen molar-refractivity contribution in [1.82, 2.24) is 14.9 Å². The van der Waals surface area contributed by atoms with Crippen LogP contribution in [0.4, 0.5) is 0 Å². The maximum absolute atomic E-state index is 13.1. The van der Waals surface area contributed by atoms with E-state index >= 15 is 0 Å². The van der Waals surface area contributed by atoms with E-state index in [1.807, 2.05) is 87.5 Å².